The molecule has 6 nitrogen and oxygen atoms in total. The van der Waals surface area contributed by atoms with Gasteiger partial charge in [-0.1, -0.05) is 24.3 Å². The Labute approximate surface area is 235 Å². The van der Waals surface area contributed by atoms with Crippen molar-refractivity contribution in [2.24, 2.45) is 0 Å². The van der Waals surface area contributed by atoms with Gasteiger partial charge in [0, 0.05) is 39.3 Å². The first-order valence-corrected chi connectivity index (χ1v) is 13.9. The molecule has 3 aromatic rings. The third kappa shape index (κ3) is 6.45. The molecule has 0 aromatic heterocycles. The monoisotopic (exact) mass is 549 g/mol. The van der Waals surface area contributed by atoms with Crippen molar-refractivity contribution in [1.29, 1.82) is 0 Å². The van der Waals surface area contributed by atoms with Gasteiger partial charge in [-0.3, -0.25) is 9.69 Å². The normalized spacial score (nSPS) is 16.6. The van der Waals surface area contributed by atoms with E-state index in [4.69, 9.17) is 9.47 Å². The van der Waals surface area contributed by atoms with Gasteiger partial charge in [0.1, 0.15) is 11.6 Å². The zero-order valence-electron chi connectivity index (χ0n) is 23.2. The maximum absolute atomic E-state index is 13.6. The maximum atomic E-state index is 13.6. The third-order valence-electron chi connectivity index (χ3n) is 8.10. The lowest BCUT2D eigenvalue weighted by molar-refractivity contribution is -0.130. The van der Waals surface area contributed by atoms with Crippen LogP contribution < -0.4 is 9.47 Å². The molecular formula is C32H37F2N3O3. The number of rotatable bonds is 9. The van der Waals surface area contributed by atoms with Gasteiger partial charge >= 0.3 is 0 Å². The molecule has 1 saturated heterocycles. The second-order valence-electron chi connectivity index (χ2n) is 10.5. The number of methoxy groups -OCH3 is 2. The predicted octanol–water partition coefficient (Wildman–Crippen LogP) is 4.71. The van der Waals surface area contributed by atoms with Gasteiger partial charge in [-0.2, -0.15) is 0 Å². The lowest BCUT2D eigenvalue weighted by Gasteiger charge is -2.40. The van der Waals surface area contributed by atoms with Gasteiger partial charge in [-0.25, -0.2) is 8.78 Å². The Hall–Kier alpha value is -3.49. The van der Waals surface area contributed by atoms with Gasteiger partial charge in [0.05, 0.1) is 26.7 Å². The van der Waals surface area contributed by atoms with Crippen LogP contribution in [0.25, 0.3) is 0 Å². The van der Waals surface area contributed by atoms with Crippen LogP contribution in [-0.4, -0.2) is 80.6 Å². The smallest absolute Gasteiger partial charge is 0.227 e. The number of ether oxygens (including phenoxy) is 2. The number of hydrogen-bond acceptors (Lipinski definition) is 5. The molecule has 40 heavy (non-hydrogen) atoms. The Balaban J connectivity index is 1.15. The fourth-order valence-corrected chi connectivity index (χ4v) is 5.89. The summed E-state index contributed by atoms with van der Waals surface area (Å²) in [4.78, 5) is 19.8. The summed E-state index contributed by atoms with van der Waals surface area (Å²) in [6.07, 6.45) is 2.09. The Kier molecular flexibility index (Phi) is 8.97. The maximum Gasteiger partial charge on any atom is 0.227 e. The molecule has 212 valence electrons. The number of carbonyl (C=O) groups is 1. The highest BCUT2D eigenvalue weighted by Gasteiger charge is 2.27. The Bertz CT molecular complexity index is 1250. The van der Waals surface area contributed by atoms with E-state index >= 15 is 0 Å². The largest absolute Gasteiger partial charge is 0.493 e. The molecule has 0 N–H and O–H groups in total. The number of fused-ring (bicyclic) bond motifs is 1. The molecule has 0 saturated carbocycles. The van der Waals surface area contributed by atoms with Crippen LogP contribution in [0, 0.1) is 11.6 Å². The molecule has 3 aromatic carbocycles. The van der Waals surface area contributed by atoms with E-state index in [9.17, 15) is 13.6 Å². The fourth-order valence-electron chi connectivity index (χ4n) is 5.89. The first-order chi connectivity index (χ1) is 19.4. The molecule has 0 atom stereocenters. The molecular weight excluding hydrogens is 512 g/mol. The number of benzene rings is 3. The van der Waals surface area contributed by atoms with Crippen molar-refractivity contribution >= 4 is 5.91 Å². The number of halogens is 2. The second kappa shape index (κ2) is 12.8. The van der Waals surface area contributed by atoms with Crippen LogP contribution >= 0.6 is 0 Å². The lowest BCUT2D eigenvalue weighted by atomic mass is 9.96. The minimum atomic E-state index is -0.266. The number of nitrogens with zero attached hydrogens (tertiary/aromatic N) is 3. The van der Waals surface area contributed by atoms with Gasteiger partial charge < -0.3 is 19.3 Å². The van der Waals surface area contributed by atoms with E-state index in [1.807, 2.05) is 41.3 Å². The van der Waals surface area contributed by atoms with Crippen molar-refractivity contribution in [3.8, 4) is 11.5 Å². The van der Waals surface area contributed by atoms with Crippen LogP contribution in [0.5, 0.6) is 11.5 Å². The molecule has 5 rings (SSSR count). The summed E-state index contributed by atoms with van der Waals surface area (Å²) in [7, 11) is 3.24. The molecule has 1 amide bonds. The number of piperazine rings is 1. The highest BCUT2D eigenvalue weighted by molar-refractivity contribution is 5.80. The van der Waals surface area contributed by atoms with E-state index in [1.165, 1.54) is 24.3 Å². The van der Waals surface area contributed by atoms with Crippen LogP contribution in [-0.2, 0) is 17.6 Å². The standard InChI is InChI=1S/C32H37F2N3O3/c1-39-29-20-25-12-15-36(31(38)22-26(25)21-30(29)40-2)14-3-13-35-16-18-37(19-17-35)32(23-4-8-27(33)9-5-23)24-6-10-28(34)11-7-24/h4-11,20-21,32H,3,12-19,22H2,1-2H3. The second-order valence-corrected chi connectivity index (χ2v) is 10.5. The highest BCUT2D eigenvalue weighted by atomic mass is 19.1. The van der Waals surface area contributed by atoms with Crippen molar-refractivity contribution in [2.75, 3.05) is 60.0 Å². The molecule has 2 aliphatic heterocycles. The number of amides is 1. The van der Waals surface area contributed by atoms with Crippen molar-refractivity contribution in [2.45, 2.75) is 25.3 Å². The van der Waals surface area contributed by atoms with Crippen molar-refractivity contribution in [3.63, 3.8) is 0 Å². The van der Waals surface area contributed by atoms with Crippen LogP contribution in [0.1, 0.15) is 34.7 Å². The van der Waals surface area contributed by atoms with E-state index < -0.39 is 0 Å². The molecule has 0 unspecified atom stereocenters. The molecule has 2 heterocycles. The molecule has 0 bridgehead atoms. The molecule has 0 spiro atoms. The molecule has 0 aliphatic carbocycles. The number of hydrogen-bond donors (Lipinski definition) is 0. The minimum absolute atomic E-state index is 0.0584. The van der Waals surface area contributed by atoms with E-state index in [1.54, 1.807) is 14.2 Å². The van der Waals surface area contributed by atoms with E-state index in [-0.39, 0.29) is 23.6 Å². The first-order valence-electron chi connectivity index (χ1n) is 13.9. The van der Waals surface area contributed by atoms with Gasteiger partial charge in [-0.15, -0.1) is 0 Å². The minimum Gasteiger partial charge on any atom is -0.493 e. The molecule has 2 aliphatic rings. The van der Waals surface area contributed by atoms with Crippen LogP contribution in [0.15, 0.2) is 60.7 Å². The Morgan fingerprint density at radius 3 is 1.85 bits per heavy atom. The average Bonchev–Trinajstić information content (AvgIpc) is 3.12. The summed E-state index contributed by atoms with van der Waals surface area (Å²) in [6, 6.07) is 17.1. The summed E-state index contributed by atoms with van der Waals surface area (Å²) >= 11 is 0. The van der Waals surface area contributed by atoms with Gasteiger partial charge in [-0.05, 0) is 78.0 Å². The molecule has 8 heteroatoms. The predicted molar refractivity (Wildman–Crippen MR) is 151 cm³/mol. The molecule has 0 radical (unpaired) electrons. The van der Waals surface area contributed by atoms with Crippen LogP contribution in [0.4, 0.5) is 8.78 Å². The van der Waals surface area contributed by atoms with Crippen molar-refractivity contribution in [1.82, 2.24) is 14.7 Å². The third-order valence-corrected chi connectivity index (χ3v) is 8.10. The van der Waals surface area contributed by atoms with E-state index in [2.05, 4.69) is 9.80 Å². The summed E-state index contributed by atoms with van der Waals surface area (Å²) in [5.74, 6) is 0.970. The average molecular weight is 550 g/mol. The van der Waals surface area contributed by atoms with E-state index in [0.29, 0.717) is 24.5 Å². The van der Waals surface area contributed by atoms with Crippen LogP contribution in [0.2, 0.25) is 0 Å². The van der Waals surface area contributed by atoms with Crippen molar-refractivity contribution in [3.05, 3.63) is 94.6 Å². The van der Waals surface area contributed by atoms with Crippen molar-refractivity contribution < 1.29 is 23.0 Å². The Morgan fingerprint density at radius 1 is 0.750 bits per heavy atom. The van der Waals surface area contributed by atoms with Crippen LogP contribution in [0.3, 0.4) is 0 Å². The van der Waals surface area contributed by atoms with Gasteiger partial charge in [0.25, 0.3) is 0 Å². The van der Waals surface area contributed by atoms with E-state index in [0.717, 1.165) is 74.4 Å². The van der Waals surface area contributed by atoms with Gasteiger partial charge in [0.15, 0.2) is 11.5 Å². The number of carbonyl (C=O) groups excluding carboxylic acids is 1. The summed E-state index contributed by atoms with van der Waals surface area (Å²) < 4.78 is 38.1. The zero-order valence-corrected chi connectivity index (χ0v) is 23.2. The lowest BCUT2D eigenvalue weighted by Crippen LogP contribution is -2.48. The van der Waals surface area contributed by atoms with Gasteiger partial charge in [0.2, 0.25) is 5.91 Å². The summed E-state index contributed by atoms with van der Waals surface area (Å²) in [5.41, 5.74) is 4.15. The summed E-state index contributed by atoms with van der Waals surface area (Å²) in [6.45, 7) is 5.85. The highest BCUT2D eigenvalue weighted by Crippen LogP contribution is 2.33. The summed E-state index contributed by atoms with van der Waals surface area (Å²) in [5, 5.41) is 0. The topological polar surface area (TPSA) is 45.3 Å². The fraction of sp³-hybridized carbons (Fsp3) is 0.406. The quantitative estimate of drug-likeness (QED) is 0.387. The Morgan fingerprint density at radius 2 is 1.30 bits per heavy atom. The first kappa shape index (κ1) is 28.1. The zero-order chi connectivity index (χ0) is 28.1. The molecule has 1 fully saturated rings. The SMILES string of the molecule is COc1cc2c(cc1OC)CC(=O)N(CCCN1CCN(C(c3ccc(F)cc3)c3ccc(F)cc3)CC1)CC2.